The Morgan fingerprint density at radius 1 is 1.00 bits per heavy atom. The Labute approximate surface area is 119 Å². The van der Waals surface area contributed by atoms with Gasteiger partial charge in [0.1, 0.15) is 0 Å². The van der Waals surface area contributed by atoms with E-state index in [-0.39, 0.29) is 46.6 Å². The van der Waals surface area contributed by atoms with E-state index in [4.69, 9.17) is 35.0 Å². The molecule has 9 heteroatoms. The van der Waals surface area contributed by atoms with Gasteiger partial charge in [0.25, 0.3) is 11.9 Å². The molecule has 0 fully saturated rings. The molecule has 15 heavy (non-hydrogen) atoms. The van der Waals surface area contributed by atoms with Crippen molar-refractivity contribution in [2.45, 2.75) is 13.8 Å². The zero-order valence-electron chi connectivity index (χ0n) is 7.37. The van der Waals surface area contributed by atoms with Crippen molar-refractivity contribution in [2.24, 2.45) is 0 Å². The SMILES string of the molecule is CC(=O)O.CC(=O)O.N#CC(=O)O.[Fe].[NaH]. The van der Waals surface area contributed by atoms with Crippen LogP contribution in [-0.2, 0) is 31.5 Å². The molecule has 0 spiro atoms. The topological polar surface area (TPSA) is 136 Å². The van der Waals surface area contributed by atoms with Crippen molar-refractivity contribution in [3.8, 4) is 6.07 Å². The number of nitrogens with zero attached hydrogens (tertiary/aromatic N) is 1. The summed E-state index contributed by atoms with van der Waals surface area (Å²) in [7, 11) is 0. The first kappa shape index (κ1) is 29.3. The van der Waals surface area contributed by atoms with Gasteiger partial charge in [-0.15, -0.1) is 0 Å². The van der Waals surface area contributed by atoms with E-state index in [1.807, 2.05) is 0 Å². The Hall–Kier alpha value is -0.581. The van der Waals surface area contributed by atoms with Crippen molar-refractivity contribution in [1.29, 1.82) is 5.26 Å². The van der Waals surface area contributed by atoms with Crippen LogP contribution < -0.4 is 0 Å². The van der Waals surface area contributed by atoms with Crippen LogP contribution in [0, 0.1) is 11.3 Å². The molecule has 0 aliphatic rings. The number of carboxylic acid groups (broad SMARTS) is 3. The van der Waals surface area contributed by atoms with Crippen LogP contribution in [0.4, 0.5) is 0 Å². The Bertz CT molecular complexity index is 206. The molecule has 0 heterocycles. The van der Waals surface area contributed by atoms with Crippen LogP contribution in [0.5, 0.6) is 0 Å². The molecule has 0 aliphatic heterocycles. The molecule has 0 bridgehead atoms. The maximum atomic E-state index is 9.01. The van der Waals surface area contributed by atoms with Crippen LogP contribution in [0.2, 0.25) is 0 Å². The maximum absolute atomic E-state index is 9.01. The van der Waals surface area contributed by atoms with Crippen molar-refractivity contribution in [3.05, 3.63) is 0 Å². The Morgan fingerprint density at radius 3 is 1.07 bits per heavy atom. The van der Waals surface area contributed by atoms with Gasteiger partial charge in [-0.3, -0.25) is 9.59 Å². The Balaban J connectivity index is -0.0000000315. The third kappa shape index (κ3) is 868. The molecule has 0 aliphatic carbocycles. The van der Waals surface area contributed by atoms with Crippen LogP contribution in [0.15, 0.2) is 0 Å². The number of hydrogen-bond acceptors (Lipinski definition) is 4. The molecule has 0 rings (SSSR count). The van der Waals surface area contributed by atoms with E-state index < -0.39 is 17.9 Å². The minimum absolute atomic E-state index is 0. The van der Waals surface area contributed by atoms with Crippen molar-refractivity contribution < 1.29 is 46.8 Å². The van der Waals surface area contributed by atoms with Gasteiger partial charge in [-0.2, -0.15) is 5.26 Å². The summed E-state index contributed by atoms with van der Waals surface area (Å²) < 4.78 is 0. The fourth-order valence-electron chi connectivity index (χ4n) is 0. The van der Waals surface area contributed by atoms with Gasteiger partial charge < -0.3 is 15.3 Å². The van der Waals surface area contributed by atoms with Crippen LogP contribution in [-0.4, -0.2) is 62.8 Å². The van der Waals surface area contributed by atoms with Crippen molar-refractivity contribution in [1.82, 2.24) is 0 Å². The summed E-state index contributed by atoms with van der Waals surface area (Å²) in [4.78, 5) is 27.0. The van der Waals surface area contributed by atoms with Gasteiger partial charge in [0.15, 0.2) is 6.07 Å². The molecular weight excluding hydrogens is 261 g/mol. The average Bonchev–Trinajstić information content (AvgIpc) is 1.84. The molecule has 84 valence electrons. The summed E-state index contributed by atoms with van der Waals surface area (Å²) in [6.45, 7) is 2.17. The number of hydrogen-bond donors (Lipinski definition) is 3. The van der Waals surface area contributed by atoms with Crippen LogP contribution in [0.3, 0.4) is 0 Å². The predicted octanol–water partition coefficient (Wildman–Crippen LogP) is -0.875. The van der Waals surface area contributed by atoms with Crippen LogP contribution >= 0.6 is 0 Å². The number of nitriles is 1. The molecule has 0 aromatic rings. The second kappa shape index (κ2) is 23.3. The van der Waals surface area contributed by atoms with E-state index in [2.05, 4.69) is 0 Å². The first-order valence-corrected chi connectivity index (χ1v) is 2.76. The fourth-order valence-corrected chi connectivity index (χ4v) is 0. The zero-order chi connectivity index (χ0) is 11.4. The number of carboxylic acids is 3. The molecule has 7 nitrogen and oxygen atoms in total. The number of carbonyl (C=O) groups is 3. The van der Waals surface area contributed by atoms with Gasteiger partial charge in [-0.05, 0) is 0 Å². The van der Waals surface area contributed by atoms with E-state index in [1.165, 1.54) is 0 Å². The molecule has 0 saturated heterocycles. The predicted molar refractivity (Wildman–Crippen MR) is 47.0 cm³/mol. The molecule has 0 amide bonds. The molecule has 0 aromatic heterocycles. The monoisotopic (exact) mass is 271 g/mol. The molecular formula is C6H10FeNNaO6. The summed E-state index contributed by atoms with van der Waals surface area (Å²) in [5.41, 5.74) is 0. The fraction of sp³-hybridized carbons (Fsp3) is 0.333. The quantitative estimate of drug-likeness (QED) is 0.296. The average molecular weight is 271 g/mol. The zero-order valence-corrected chi connectivity index (χ0v) is 8.47. The van der Waals surface area contributed by atoms with Crippen molar-refractivity contribution in [2.75, 3.05) is 0 Å². The normalized spacial score (nSPS) is 5.13. The second-order valence-electron chi connectivity index (χ2n) is 1.45. The molecule has 0 radical (unpaired) electrons. The summed E-state index contributed by atoms with van der Waals surface area (Å²) >= 11 is 0. The van der Waals surface area contributed by atoms with Gasteiger partial charge >= 0.3 is 35.5 Å². The second-order valence-corrected chi connectivity index (χ2v) is 1.45. The van der Waals surface area contributed by atoms with Gasteiger partial charge in [-0.25, -0.2) is 4.79 Å². The molecule has 0 atom stereocenters. The van der Waals surface area contributed by atoms with Crippen LogP contribution in [0.25, 0.3) is 0 Å². The third-order valence-electron chi connectivity index (χ3n) is 0.0956. The number of rotatable bonds is 0. The summed E-state index contributed by atoms with van der Waals surface area (Å²) in [6, 6.07) is 0.944. The Morgan fingerprint density at radius 2 is 1.07 bits per heavy atom. The van der Waals surface area contributed by atoms with Crippen LogP contribution in [0.1, 0.15) is 13.8 Å². The van der Waals surface area contributed by atoms with E-state index in [1.54, 1.807) is 0 Å². The van der Waals surface area contributed by atoms with Crippen molar-refractivity contribution >= 4 is 47.5 Å². The summed E-state index contributed by atoms with van der Waals surface area (Å²) in [5.74, 6) is -3.11. The first-order chi connectivity index (χ1) is 5.73. The van der Waals surface area contributed by atoms with Gasteiger partial charge in [-0.1, -0.05) is 0 Å². The Kier molecular flexibility index (Phi) is 45.5. The number of aliphatic carboxylic acids is 3. The standard InChI is InChI=1S/C2HNO2.2C2H4O2.Fe.Na.H/c3-1-2(4)5;2*1-2(3)4;;;/h(H,4,5);2*1H3,(H,3,4);;;. The van der Waals surface area contributed by atoms with E-state index >= 15 is 0 Å². The summed E-state index contributed by atoms with van der Waals surface area (Å²) in [5, 5.41) is 29.5. The van der Waals surface area contributed by atoms with E-state index in [0.29, 0.717) is 0 Å². The van der Waals surface area contributed by atoms with Crippen molar-refractivity contribution in [3.63, 3.8) is 0 Å². The minimum atomic E-state index is -1.44. The molecule has 0 saturated carbocycles. The molecule has 3 N–H and O–H groups in total. The van der Waals surface area contributed by atoms with Gasteiger partial charge in [0, 0.05) is 30.9 Å². The molecule has 0 unspecified atom stereocenters. The third-order valence-corrected chi connectivity index (χ3v) is 0.0956. The van der Waals surface area contributed by atoms with Gasteiger partial charge in [0.05, 0.1) is 0 Å². The first-order valence-electron chi connectivity index (χ1n) is 2.76. The van der Waals surface area contributed by atoms with Gasteiger partial charge in [0.2, 0.25) is 0 Å². The molecule has 0 aromatic carbocycles. The van der Waals surface area contributed by atoms with E-state index in [9.17, 15) is 0 Å². The van der Waals surface area contributed by atoms with E-state index in [0.717, 1.165) is 19.9 Å². The summed E-state index contributed by atoms with van der Waals surface area (Å²) in [6.07, 6.45) is 0.